The van der Waals surface area contributed by atoms with E-state index in [2.05, 4.69) is 0 Å². The van der Waals surface area contributed by atoms with Gasteiger partial charge in [-0.05, 0) is 35.2 Å². The van der Waals surface area contributed by atoms with Crippen LogP contribution in [0.2, 0.25) is 0 Å². The van der Waals surface area contributed by atoms with E-state index >= 15 is 0 Å². The molecule has 1 amide bonds. The van der Waals surface area contributed by atoms with Gasteiger partial charge in [-0.2, -0.15) is 13.2 Å². The van der Waals surface area contributed by atoms with Crippen molar-refractivity contribution in [2.45, 2.75) is 32.5 Å². The standard InChI is InChI=1S/C16H16F4N2O/c1-9(2)11-6-14(15(21)23)22(8-11)7-10-3-4-13(17)12(5-10)16(18,19)20/h3-6,8-9H,7H2,1-2H3,(H2,21,23). The Labute approximate surface area is 130 Å². The van der Waals surface area contributed by atoms with Crippen molar-refractivity contribution in [2.24, 2.45) is 5.73 Å². The highest BCUT2D eigenvalue weighted by Crippen LogP contribution is 2.32. The van der Waals surface area contributed by atoms with Gasteiger partial charge in [0.25, 0.3) is 5.91 Å². The van der Waals surface area contributed by atoms with Crippen LogP contribution in [0.4, 0.5) is 17.6 Å². The summed E-state index contributed by atoms with van der Waals surface area (Å²) in [6.07, 6.45) is -3.10. The molecule has 2 rings (SSSR count). The first kappa shape index (κ1) is 17.1. The Hall–Kier alpha value is -2.31. The molecule has 2 aromatic rings. The van der Waals surface area contributed by atoms with Gasteiger partial charge >= 0.3 is 6.18 Å². The van der Waals surface area contributed by atoms with Gasteiger partial charge in [-0.1, -0.05) is 19.9 Å². The van der Waals surface area contributed by atoms with E-state index in [-0.39, 0.29) is 23.7 Å². The average molecular weight is 328 g/mol. The number of hydrogen-bond acceptors (Lipinski definition) is 1. The van der Waals surface area contributed by atoms with E-state index < -0.39 is 23.5 Å². The summed E-state index contributed by atoms with van der Waals surface area (Å²) in [7, 11) is 0. The normalized spacial score (nSPS) is 12.0. The fraction of sp³-hybridized carbons (Fsp3) is 0.312. The highest BCUT2D eigenvalue weighted by atomic mass is 19.4. The van der Waals surface area contributed by atoms with Crippen LogP contribution in [-0.4, -0.2) is 10.5 Å². The number of rotatable bonds is 4. The number of carbonyl (C=O) groups excluding carboxylic acids is 1. The summed E-state index contributed by atoms with van der Waals surface area (Å²) < 4.78 is 53.1. The number of hydrogen-bond donors (Lipinski definition) is 1. The van der Waals surface area contributed by atoms with E-state index in [1.807, 2.05) is 13.8 Å². The van der Waals surface area contributed by atoms with Gasteiger partial charge in [0.1, 0.15) is 11.5 Å². The number of halogens is 4. The van der Waals surface area contributed by atoms with Crippen LogP contribution in [0.5, 0.6) is 0 Å². The minimum Gasteiger partial charge on any atom is -0.364 e. The van der Waals surface area contributed by atoms with Crippen LogP contribution >= 0.6 is 0 Å². The molecule has 0 radical (unpaired) electrons. The third-order valence-electron chi connectivity index (χ3n) is 3.53. The Balaban J connectivity index is 2.41. The maximum Gasteiger partial charge on any atom is 0.419 e. The molecule has 0 spiro atoms. The van der Waals surface area contributed by atoms with Crippen LogP contribution in [0.1, 0.15) is 46.9 Å². The minimum atomic E-state index is -4.77. The highest BCUT2D eigenvalue weighted by molar-refractivity contribution is 5.91. The fourth-order valence-corrected chi connectivity index (χ4v) is 2.27. The molecule has 7 heteroatoms. The fourth-order valence-electron chi connectivity index (χ4n) is 2.27. The second-order valence-corrected chi connectivity index (χ2v) is 5.62. The lowest BCUT2D eigenvalue weighted by Gasteiger charge is -2.12. The highest BCUT2D eigenvalue weighted by Gasteiger charge is 2.34. The zero-order valence-electron chi connectivity index (χ0n) is 12.6. The molecule has 0 fully saturated rings. The Bertz CT molecular complexity index is 732. The molecule has 23 heavy (non-hydrogen) atoms. The van der Waals surface area contributed by atoms with Gasteiger partial charge in [0.05, 0.1) is 5.56 Å². The molecule has 1 aromatic heterocycles. The summed E-state index contributed by atoms with van der Waals surface area (Å²) in [6, 6.07) is 4.38. The smallest absolute Gasteiger partial charge is 0.364 e. The van der Waals surface area contributed by atoms with Crippen LogP contribution in [0.15, 0.2) is 30.5 Å². The number of benzene rings is 1. The largest absolute Gasteiger partial charge is 0.419 e. The lowest BCUT2D eigenvalue weighted by molar-refractivity contribution is -0.140. The Morgan fingerprint density at radius 1 is 1.26 bits per heavy atom. The van der Waals surface area contributed by atoms with Gasteiger partial charge in [-0.3, -0.25) is 4.79 Å². The number of nitrogens with two attached hydrogens (primary N) is 1. The van der Waals surface area contributed by atoms with Crippen molar-refractivity contribution in [3.05, 3.63) is 58.7 Å². The van der Waals surface area contributed by atoms with E-state index in [9.17, 15) is 22.4 Å². The second kappa shape index (κ2) is 6.06. The summed E-state index contributed by atoms with van der Waals surface area (Å²) in [5, 5.41) is 0. The molecule has 1 heterocycles. The lowest BCUT2D eigenvalue weighted by atomic mass is 10.1. The summed E-state index contributed by atoms with van der Waals surface area (Å²) in [5.41, 5.74) is 5.25. The van der Waals surface area contributed by atoms with Crippen molar-refractivity contribution < 1.29 is 22.4 Å². The minimum absolute atomic E-state index is 0.00560. The molecule has 0 saturated heterocycles. The van der Waals surface area contributed by atoms with E-state index in [1.165, 1.54) is 10.6 Å². The van der Waals surface area contributed by atoms with Crippen molar-refractivity contribution in [2.75, 3.05) is 0 Å². The Morgan fingerprint density at radius 2 is 1.91 bits per heavy atom. The van der Waals surface area contributed by atoms with E-state index in [4.69, 9.17) is 5.73 Å². The van der Waals surface area contributed by atoms with Crippen LogP contribution in [0, 0.1) is 5.82 Å². The maximum absolute atomic E-state index is 13.3. The van der Waals surface area contributed by atoms with Gasteiger partial charge in [0.15, 0.2) is 0 Å². The predicted octanol–water partition coefficient (Wildman–Crippen LogP) is 3.92. The topological polar surface area (TPSA) is 48.0 Å². The van der Waals surface area contributed by atoms with Gasteiger partial charge in [0.2, 0.25) is 0 Å². The first-order chi connectivity index (χ1) is 10.6. The SMILES string of the molecule is CC(C)c1cc(C(N)=O)n(Cc2ccc(F)c(C(F)(F)F)c2)c1. The van der Waals surface area contributed by atoms with E-state index in [0.29, 0.717) is 0 Å². The molecule has 0 unspecified atom stereocenters. The first-order valence-electron chi connectivity index (χ1n) is 6.95. The third kappa shape index (κ3) is 3.72. The number of aromatic nitrogens is 1. The van der Waals surface area contributed by atoms with Crippen molar-refractivity contribution >= 4 is 5.91 Å². The third-order valence-corrected chi connectivity index (χ3v) is 3.53. The number of nitrogens with zero attached hydrogens (tertiary/aromatic N) is 1. The Kier molecular flexibility index (Phi) is 4.49. The summed E-state index contributed by atoms with van der Waals surface area (Å²) in [4.78, 5) is 11.5. The van der Waals surface area contributed by atoms with Crippen LogP contribution < -0.4 is 5.73 Å². The predicted molar refractivity (Wildman–Crippen MR) is 77.5 cm³/mol. The zero-order chi connectivity index (χ0) is 17.4. The van der Waals surface area contributed by atoms with Crippen LogP contribution in [0.25, 0.3) is 0 Å². The molecule has 0 atom stereocenters. The lowest BCUT2D eigenvalue weighted by Crippen LogP contribution is -2.17. The quantitative estimate of drug-likeness (QED) is 0.850. The summed E-state index contributed by atoms with van der Waals surface area (Å²) in [6.45, 7) is 3.84. The monoisotopic (exact) mass is 328 g/mol. The summed E-state index contributed by atoms with van der Waals surface area (Å²) >= 11 is 0. The Morgan fingerprint density at radius 3 is 2.43 bits per heavy atom. The molecule has 0 aliphatic carbocycles. The number of primary amides is 1. The second-order valence-electron chi connectivity index (χ2n) is 5.62. The number of carbonyl (C=O) groups is 1. The molecule has 0 bridgehead atoms. The molecule has 3 nitrogen and oxygen atoms in total. The first-order valence-corrected chi connectivity index (χ1v) is 6.95. The van der Waals surface area contributed by atoms with Crippen LogP contribution in [0.3, 0.4) is 0 Å². The molecule has 0 aliphatic rings. The average Bonchev–Trinajstić information content (AvgIpc) is 2.84. The van der Waals surface area contributed by atoms with Crippen molar-refractivity contribution in [1.82, 2.24) is 4.57 Å². The van der Waals surface area contributed by atoms with Gasteiger partial charge in [-0.15, -0.1) is 0 Å². The van der Waals surface area contributed by atoms with E-state index in [1.54, 1.807) is 12.3 Å². The molecular formula is C16H16F4N2O. The van der Waals surface area contributed by atoms with Gasteiger partial charge in [-0.25, -0.2) is 4.39 Å². The van der Waals surface area contributed by atoms with Gasteiger partial charge < -0.3 is 10.3 Å². The van der Waals surface area contributed by atoms with Crippen molar-refractivity contribution in [3.8, 4) is 0 Å². The molecule has 124 valence electrons. The molecular weight excluding hydrogens is 312 g/mol. The van der Waals surface area contributed by atoms with Crippen molar-refractivity contribution in [1.29, 1.82) is 0 Å². The van der Waals surface area contributed by atoms with E-state index in [0.717, 1.165) is 17.7 Å². The van der Waals surface area contributed by atoms with Gasteiger partial charge in [0, 0.05) is 12.7 Å². The molecule has 0 saturated carbocycles. The maximum atomic E-state index is 13.3. The molecule has 1 aromatic carbocycles. The molecule has 0 aliphatic heterocycles. The van der Waals surface area contributed by atoms with Crippen LogP contribution in [-0.2, 0) is 12.7 Å². The number of alkyl halides is 3. The zero-order valence-corrected chi connectivity index (χ0v) is 12.6. The number of amides is 1. The molecule has 2 N–H and O–H groups in total. The summed E-state index contributed by atoms with van der Waals surface area (Å²) in [5.74, 6) is -1.87. The van der Waals surface area contributed by atoms with Crippen molar-refractivity contribution in [3.63, 3.8) is 0 Å².